The molecular weight excluding hydrogens is 479 g/mol. The van der Waals surface area contributed by atoms with Crippen molar-refractivity contribution in [2.24, 2.45) is 0 Å². The van der Waals surface area contributed by atoms with E-state index in [1.54, 1.807) is 55.6 Å². The van der Waals surface area contributed by atoms with Crippen LogP contribution in [0.1, 0.15) is 32.4 Å². The number of hydrogen-bond donors (Lipinski definition) is 0. The first-order chi connectivity index (χ1) is 16.5. The fourth-order valence-corrected chi connectivity index (χ4v) is 5.42. The molecular formula is C27H35O6PSi. The molecule has 0 unspecified atom stereocenters. The molecule has 35 heavy (non-hydrogen) atoms. The van der Waals surface area contributed by atoms with Gasteiger partial charge in [-0.2, -0.15) is 0 Å². The molecule has 3 aromatic rings. The van der Waals surface area contributed by atoms with Crippen molar-refractivity contribution in [2.75, 3.05) is 13.7 Å². The first-order valence-corrected chi connectivity index (χ1v) is 15.9. The highest BCUT2D eigenvalue weighted by molar-refractivity contribution is 7.49. The number of methoxy groups -OCH3 is 1. The molecule has 6 nitrogen and oxygen atoms in total. The normalized spacial score (nSPS) is 13.2. The first-order valence-electron chi connectivity index (χ1n) is 11.6. The standard InChI is InChI=1S/C27H35O6PSi/c1-27(2,3)35(5,6)30-21-26(24-19-13-14-20-25(24)29-4)33-34(28,31-22-15-9-7-10-16-22)32-23-17-11-8-12-18-23/h7-20,26H,21H2,1-6H3/t26-/m1/s1. The average molecular weight is 515 g/mol. The molecule has 3 aromatic carbocycles. The molecule has 0 spiro atoms. The minimum Gasteiger partial charge on any atom is -0.496 e. The average Bonchev–Trinajstić information content (AvgIpc) is 2.82. The SMILES string of the molecule is COc1ccccc1[C@@H](CO[Si](C)(C)C(C)(C)C)OP(=O)(Oc1ccccc1)Oc1ccccc1. The van der Waals surface area contributed by atoms with Gasteiger partial charge in [0.15, 0.2) is 8.32 Å². The molecule has 8 heteroatoms. The third-order valence-electron chi connectivity index (χ3n) is 6.06. The summed E-state index contributed by atoms with van der Waals surface area (Å²) in [6.07, 6.45) is -0.765. The largest absolute Gasteiger partial charge is 0.588 e. The van der Waals surface area contributed by atoms with Gasteiger partial charge < -0.3 is 18.2 Å². The van der Waals surface area contributed by atoms with Gasteiger partial charge in [0, 0.05) is 5.56 Å². The van der Waals surface area contributed by atoms with Crippen LogP contribution in [0.5, 0.6) is 17.2 Å². The molecule has 3 rings (SSSR count). The summed E-state index contributed by atoms with van der Waals surface area (Å²) in [6, 6.07) is 25.1. The summed E-state index contributed by atoms with van der Waals surface area (Å²) in [6.45, 7) is 11.0. The van der Waals surface area contributed by atoms with E-state index in [0.29, 0.717) is 22.8 Å². The number of para-hydroxylation sites is 3. The maximum absolute atomic E-state index is 14.1. The van der Waals surface area contributed by atoms with Crippen molar-refractivity contribution in [2.45, 2.75) is 45.0 Å². The van der Waals surface area contributed by atoms with Gasteiger partial charge in [0.25, 0.3) is 0 Å². The minimum absolute atomic E-state index is 0.0108. The fraction of sp³-hybridized carbons (Fsp3) is 0.333. The zero-order valence-electron chi connectivity index (χ0n) is 21.3. The van der Waals surface area contributed by atoms with Crippen molar-refractivity contribution < 1.29 is 27.3 Å². The van der Waals surface area contributed by atoms with Gasteiger partial charge in [0.1, 0.15) is 23.4 Å². The second kappa shape index (κ2) is 11.4. The van der Waals surface area contributed by atoms with E-state index in [1.807, 2.05) is 36.4 Å². The minimum atomic E-state index is -4.16. The Hall–Kier alpha value is -2.57. The van der Waals surface area contributed by atoms with Gasteiger partial charge in [-0.1, -0.05) is 75.4 Å². The monoisotopic (exact) mass is 514 g/mol. The Bertz CT molecular complexity index is 1070. The Balaban J connectivity index is 1.98. The quantitative estimate of drug-likeness (QED) is 0.191. The number of phosphoric acid groups is 1. The zero-order chi connectivity index (χ0) is 25.5. The topological polar surface area (TPSA) is 63.2 Å². The number of phosphoric ester groups is 1. The van der Waals surface area contributed by atoms with Gasteiger partial charge in [-0.15, -0.1) is 0 Å². The lowest BCUT2D eigenvalue weighted by atomic mass is 10.1. The number of rotatable bonds is 11. The van der Waals surface area contributed by atoms with Crippen molar-refractivity contribution in [1.82, 2.24) is 0 Å². The molecule has 0 radical (unpaired) electrons. The summed E-state index contributed by atoms with van der Waals surface area (Å²) in [4.78, 5) is 0. The Labute approximate surface area is 209 Å². The van der Waals surface area contributed by atoms with Crippen LogP contribution in [0.3, 0.4) is 0 Å². The van der Waals surface area contributed by atoms with Crippen molar-refractivity contribution in [3.05, 3.63) is 90.5 Å². The van der Waals surface area contributed by atoms with Crippen LogP contribution in [0.25, 0.3) is 0 Å². The maximum atomic E-state index is 14.1. The summed E-state index contributed by atoms with van der Waals surface area (Å²) >= 11 is 0. The van der Waals surface area contributed by atoms with Crippen LogP contribution in [0.15, 0.2) is 84.9 Å². The van der Waals surface area contributed by atoms with Gasteiger partial charge in [0.05, 0.1) is 13.7 Å². The molecule has 0 saturated carbocycles. The summed E-state index contributed by atoms with van der Waals surface area (Å²) in [5.74, 6) is 1.34. The smallest absolute Gasteiger partial charge is 0.496 e. The fourth-order valence-electron chi connectivity index (χ4n) is 3.05. The van der Waals surface area contributed by atoms with E-state index in [9.17, 15) is 4.57 Å². The number of ether oxygens (including phenoxy) is 1. The Kier molecular flexibility index (Phi) is 8.83. The van der Waals surface area contributed by atoms with Crippen LogP contribution >= 0.6 is 7.82 Å². The highest BCUT2D eigenvalue weighted by Gasteiger charge is 2.41. The lowest BCUT2D eigenvalue weighted by molar-refractivity contribution is 0.0880. The highest BCUT2D eigenvalue weighted by atomic mass is 31.2. The summed E-state index contributed by atoms with van der Waals surface area (Å²) < 4.78 is 44.1. The third kappa shape index (κ3) is 7.45. The zero-order valence-corrected chi connectivity index (χ0v) is 23.2. The summed E-state index contributed by atoms with van der Waals surface area (Å²) in [5, 5.41) is -0.0108. The highest BCUT2D eigenvalue weighted by Crippen LogP contribution is 2.54. The molecule has 0 N–H and O–H groups in total. The van der Waals surface area contributed by atoms with E-state index in [4.69, 9.17) is 22.7 Å². The molecule has 0 aliphatic rings. The van der Waals surface area contributed by atoms with Crippen LogP contribution in [-0.4, -0.2) is 22.0 Å². The molecule has 0 heterocycles. The van der Waals surface area contributed by atoms with Crippen molar-refractivity contribution in [3.8, 4) is 17.2 Å². The molecule has 0 aliphatic carbocycles. The first kappa shape index (κ1) is 27.0. The second-order valence-corrected chi connectivity index (χ2v) is 15.9. The Morgan fingerprint density at radius 1 is 0.800 bits per heavy atom. The molecule has 0 saturated heterocycles. The third-order valence-corrected chi connectivity index (χ3v) is 11.9. The summed E-state index contributed by atoms with van der Waals surface area (Å²) in [7, 11) is -4.71. The van der Waals surface area contributed by atoms with Crippen LogP contribution in [0, 0.1) is 0 Å². The molecule has 1 atom stereocenters. The van der Waals surface area contributed by atoms with Crippen molar-refractivity contribution >= 4 is 16.1 Å². The van der Waals surface area contributed by atoms with E-state index in [0.717, 1.165) is 0 Å². The van der Waals surface area contributed by atoms with E-state index in [2.05, 4.69) is 33.9 Å². The van der Waals surface area contributed by atoms with Crippen LogP contribution < -0.4 is 13.8 Å². The number of hydrogen-bond acceptors (Lipinski definition) is 6. The van der Waals surface area contributed by atoms with Crippen LogP contribution in [0.4, 0.5) is 0 Å². The van der Waals surface area contributed by atoms with E-state index in [1.165, 1.54) is 0 Å². The Morgan fingerprint density at radius 3 is 1.77 bits per heavy atom. The van der Waals surface area contributed by atoms with Gasteiger partial charge in [-0.05, 0) is 48.5 Å². The molecule has 0 bridgehead atoms. The van der Waals surface area contributed by atoms with Gasteiger partial charge in [-0.3, -0.25) is 4.52 Å². The van der Waals surface area contributed by atoms with Crippen molar-refractivity contribution in [1.29, 1.82) is 0 Å². The second-order valence-electron chi connectivity index (χ2n) is 9.66. The van der Waals surface area contributed by atoms with Crippen LogP contribution in [0.2, 0.25) is 18.1 Å². The van der Waals surface area contributed by atoms with Crippen molar-refractivity contribution in [3.63, 3.8) is 0 Å². The molecule has 0 amide bonds. The molecule has 0 aliphatic heterocycles. The van der Waals surface area contributed by atoms with Gasteiger partial charge in [-0.25, -0.2) is 4.57 Å². The van der Waals surface area contributed by atoms with Gasteiger partial charge in [0.2, 0.25) is 0 Å². The Morgan fingerprint density at radius 2 is 1.29 bits per heavy atom. The lowest BCUT2D eigenvalue weighted by Gasteiger charge is -2.37. The predicted octanol–water partition coefficient (Wildman–Crippen LogP) is 8.04. The lowest BCUT2D eigenvalue weighted by Crippen LogP contribution is -2.42. The molecule has 0 fully saturated rings. The maximum Gasteiger partial charge on any atom is 0.588 e. The summed E-state index contributed by atoms with van der Waals surface area (Å²) in [5.41, 5.74) is 0.697. The van der Waals surface area contributed by atoms with E-state index >= 15 is 0 Å². The molecule has 0 aromatic heterocycles. The van der Waals surface area contributed by atoms with E-state index < -0.39 is 22.2 Å². The van der Waals surface area contributed by atoms with E-state index in [-0.39, 0.29) is 11.6 Å². The molecule has 188 valence electrons. The predicted molar refractivity (Wildman–Crippen MR) is 142 cm³/mol. The van der Waals surface area contributed by atoms with Crippen LogP contribution in [-0.2, 0) is 13.5 Å². The van der Waals surface area contributed by atoms with Gasteiger partial charge >= 0.3 is 7.82 Å². The number of benzene rings is 3.